The predicted octanol–water partition coefficient (Wildman–Crippen LogP) is 2.05. The molecule has 108 valence electrons. The summed E-state index contributed by atoms with van der Waals surface area (Å²) in [6, 6.07) is 5.93. The van der Waals surface area contributed by atoms with Crippen LogP contribution < -0.4 is 5.32 Å². The molecule has 0 fully saturated rings. The average molecular weight is 282 g/mol. The van der Waals surface area contributed by atoms with E-state index in [0.717, 1.165) is 28.1 Å². The number of imidazole rings is 1. The molecule has 0 saturated heterocycles. The zero-order valence-electron chi connectivity index (χ0n) is 12.3. The van der Waals surface area contributed by atoms with E-state index in [1.807, 2.05) is 38.1 Å². The largest absolute Gasteiger partial charge is 0.354 e. The van der Waals surface area contributed by atoms with Crippen molar-refractivity contribution in [3.8, 4) is 0 Å². The van der Waals surface area contributed by atoms with Crippen molar-refractivity contribution in [3.05, 3.63) is 41.9 Å². The van der Waals surface area contributed by atoms with Gasteiger partial charge in [-0.3, -0.25) is 9.79 Å². The van der Waals surface area contributed by atoms with Crippen LogP contribution in [0.4, 0.5) is 0 Å². The average Bonchev–Trinajstić information content (AvgIpc) is 2.83. The molecule has 1 aromatic carbocycles. The van der Waals surface area contributed by atoms with Crippen LogP contribution >= 0.6 is 0 Å². The van der Waals surface area contributed by atoms with Gasteiger partial charge in [-0.2, -0.15) is 0 Å². The quantitative estimate of drug-likeness (QED) is 0.857. The van der Waals surface area contributed by atoms with Crippen LogP contribution in [0.25, 0.3) is 11.0 Å². The SMILES string of the molecule is C/C=C\N=C(C)c1nc2cccc3c2n1CCNC(=O)C3. The van der Waals surface area contributed by atoms with Crippen LogP contribution in [0.1, 0.15) is 25.2 Å². The molecule has 1 aliphatic rings. The van der Waals surface area contributed by atoms with E-state index in [4.69, 9.17) is 4.98 Å². The molecule has 21 heavy (non-hydrogen) atoms. The van der Waals surface area contributed by atoms with Crippen molar-refractivity contribution in [2.45, 2.75) is 26.8 Å². The van der Waals surface area contributed by atoms with Gasteiger partial charge in [0.1, 0.15) is 0 Å². The maximum Gasteiger partial charge on any atom is 0.224 e. The van der Waals surface area contributed by atoms with Gasteiger partial charge >= 0.3 is 0 Å². The molecule has 0 bridgehead atoms. The molecule has 0 radical (unpaired) electrons. The lowest BCUT2D eigenvalue weighted by atomic mass is 10.1. The number of hydrogen-bond acceptors (Lipinski definition) is 3. The normalized spacial score (nSPS) is 16.1. The molecule has 1 aromatic heterocycles. The number of amides is 1. The fraction of sp³-hybridized carbons (Fsp3) is 0.312. The summed E-state index contributed by atoms with van der Waals surface area (Å²) < 4.78 is 2.16. The second-order valence-electron chi connectivity index (χ2n) is 5.10. The summed E-state index contributed by atoms with van der Waals surface area (Å²) in [7, 11) is 0. The third kappa shape index (κ3) is 2.46. The van der Waals surface area contributed by atoms with Gasteiger partial charge in [-0.15, -0.1) is 0 Å². The van der Waals surface area contributed by atoms with E-state index in [0.29, 0.717) is 19.5 Å². The van der Waals surface area contributed by atoms with Crippen LogP contribution in [0.5, 0.6) is 0 Å². The summed E-state index contributed by atoms with van der Waals surface area (Å²) >= 11 is 0. The minimum atomic E-state index is 0.0656. The minimum absolute atomic E-state index is 0.0656. The van der Waals surface area contributed by atoms with Crippen LogP contribution in [0.2, 0.25) is 0 Å². The molecule has 2 aromatic rings. The number of carbonyl (C=O) groups is 1. The van der Waals surface area contributed by atoms with Crippen molar-refractivity contribution in [2.75, 3.05) is 6.54 Å². The van der Waals surface area contributed by atoms with Gasteiger partial charge in [0.2, 0.25) is 5.91 Å². The Labute approximate surface area is 123 Å². The van der Waals surface area contributed by atoms with Crippen LogP contribution in [0.3, 0.4) is 0 Å². The fourth-order valence-electron chi connectivity index (χ4n) is 2.68. The monoisotopic (exact) mass is 282 g/mol. The lowest BCUT2D eigenvalue weighted by Crippen LogP contribution is -2.31. The first-order valence-corrected chi connectivity index (χ1v) is 7.11. The smallest absolute Gasteiger partial charge is 0.224 e. The topological polar surface area (TPSA) is 59.3 Å². The van der Waals surface area contributed by atoms with Crippen molar-refractivity contribution in [3.63, 3.8) is 0 Å². The number of para-hydroxylation sites is 1. The van der Waals surface area contributed by atoms with E-state index >= 15 is 0 Å². The number of aromatic nitrogens is 2. The number of benzene rings is 1. The summed E-state index contributed by atoms with van der Waals surface area (Å²) in [4.78, 5) is 20.9. The Hall–Kier alpha value is -2.43. The molecule has 1 amide bonds. The number of carbonyl (C=O) groups excluding carboxylic acids is 1. The maximum atomic E-state index is 11.8. The highest BCUT2D eigenvalue weighted by atomic mass is 16.1. The molecular formula is C16H18N4O. The fourth-order valence-corrected chi connectivity index (χ4v) is 2.68. The summed E-state index contributed by atoms with van der Waals surface area (Å²) in [6.45, 7) is 5.22. The lowest BCUT2D eigenvalue weighted by Gasteiger charge is -2.15. The maximum absolute atomic E-state index is 11.8. The Morgan fingerprint density at radius 3 is 3.14 bits per heavy atom. The van der Waals surface area contributed by atoms with E-state index < -0.39 is 0 Å². The summed E-state index contributed by atoms with van der Waals surface area (Å²) in [5, 5.41) is 2.93. The Morgan fingerprint density at radius 1 is 1.48 bits per heavy atom. The Bertz CT molecular complexity index is 755. The third-order valence-electron chi connectivity index (χ3n) is 3.60. The van der Waals surface area contributed by atoms with Crippen LogP contribution in [-0.4, -0.2) is 27.7 Å². The van der Waals surface area contributed by atoms with E-state index in [1.165, 1.54) is 0 Å². The molecule has 3 rings (SSSR count). The molecule has 0 atom stereocenters. The van der Waals surface area contributed by atoms with Crippen molar-refractivity contribution >= 4 is 22.7 Å². The highest BCUT2D eigenvalue weighted by molar-refractivity contribution is 6.00. The molecule has 2 heterocycles. The second-order valence-corrected chi connectivity index (χ2v) is 5.10. The van der Waals surface area contributed by atoms with Gasteiger partial charge in [-0.1, -0.05) is 18.2 Å². The zero-order chi connectivity index (χ0) is 14.8. The molecule has 0 spiro atoms. The van der Waals surface area contributed by atoms with Gasteiger partial charge in [0.15, 0.2) is 5.82 Å². The molecule has 5 nitrogen and oxygen atoms in total. The number of nitrogens with one attached hydrogen (secondary N) is 1. The highest BCUT2D eigenvalue weighted by Crippen LogP contribution is 2.22. The number of aliphatic imine (C=N–C) groups is 1. The van der Waals surface area contributed by atoms with Crippen LogP contribution in [0, 0.1) is 0 Å². The first kappa shape index (κ1) is 13.5. The van der Waals surface area contributed by atoms with Gasteiger partial charge in [-0.25, -0.2) is 4.98 Å². The Kier molecular flexibility index (Phi) is 3.56. The van der Waals surface area contributed by atoms with E-state index in [9.17, 15) is 4.79 Å². The summed E-state index contributed by atoms with van der Waals surface area (Å²) in [5.74, 6) is 0.933. The first-order valence-electron chi connectivity index (χ1n) is 7.11. The number of rotatable bonds is 2. The number of hydrogen-bond donors (Lipinski definition) is 1. The highest BCUT2D eigenvalue weighted by Gasteiger charge is 2.19. The Balaban J connectivity index is 2.23. The molecule has 1 N–H and O–H groups in total. The van der Waals surface area contributed by atoms with Gasteiger partial charge in [-0.05, 0) is 25.5 Å². The molecule has 0 saturated carbocycles. The zero-order valence-corrected chi connectivity index (χ0v) is 12.3. The predicted molar refractivity (Wildman–Crippen MR) is 83.5 cm³/mol. The second kappa shape index (κ2) is 5.52. The minimum Gasteiger partial charge on any atom is -0.354 e. The number of allylic oxidation sites excluding steroid dienone is 1. The van der Waals surface area contributed by atoms with Crippen molar-refractivity contribution in [1.29, 1.82) is 0 Å². The standard InChI is InChI=1S/C16H18N4O/c1-3-7-17-11(2)16-19-13-6-4-5-12-10-14(21)18-8-9-20(16)15(12)13/h3-7H,8-10H2,1-2H3,(H,18,21)/b7-3-,17-11?. The van der Waals surface area contributed by atoms with E-state index in [2.05, 4.69) is 14.9 Å². The number of nitrogens with zero attached hydrogens (tertiary/aromatic N) is 3. The molecular weight excluding hydrogens is 264 g/mol. The Morgan fingerprint density at radius 2 is 2.33 bits per heavy atom. The van der Waals surface area contributed by atoms with Crippen LogP contribution in [-0.2, 0) is 17.8 Å². The molecule has 0 unspecified atom stereocenters. The molecule has 1 aliphatic heterocycles. The van der Waals surface area contributed by atoms with Crippen molar-refractivity contribution in [1.82, 2.24) is 14.9 Å². The van der Waals surface area contributed by atoms with Gasteiger partial charge in [0.05, 0.1) is 23.2 Å². The summed E-state index contributed by atoms with van der Waals surface area (Å²) in [5.41, 5.74) is 3.87. The van der Waals surface area contributed by atoms with Gasteiger partial charge < -0.3 is 9.88 Å². The third-order valence-corrected chi connectivity index (χ3v) is 3.60. The van der Waals surface area contributed by atoms with Crippen LogP contribution in [0.15, 0.2) is 35.5 Å². The first-order chi connectivity index (χ1) is 10.2. The van der Waals surface area contributed by atoms with E-state index in [-0.39, 0.29) is 5.91 Å². The van der Waals surface area contributed by atoms with Crippen molar-refractivity contribution in [2.24, 2.45) is 4.99 Å². The molecule has 5 heteroatoms. The molecule has 0 aliphatic carbocycles. The van der Waals surface area contributed by atoms with Crippen molar-refractivity contribution < 1.29 is 4.79 Å². The van der Waals surface area contributed by atoms with Gasteiger partial charge in [0.25, 0.3) is 0 Å². The van der Waals surface area contributed by atoms with Gasteiger partial charge in [0, 0.05) is 19.3 Å². The van der Waals surface area contributed by atoms with E-state index in [1.54, 1.807) is 6.20 Å². The lowest BCUT2D eigenvalue weighted by molar-refractivity contribution is -0.120. The summed E-state index contributed by atoms with van der Waals surface area (Å²) in [6.07, 6.45) is 4.06.